The SMILES string of the molecule is OCc1c(F)cccc1Oc1ccc2c(c1)OCO2. The van der Waals surface area contributed by atoms with E-state index in [-0.39, 0.29) is 18.1 Å². The Morgan fingerprint density at radius 1 is 1.16 bits per heavy atom. The van der Waals surface area contributed by atoms with E-state index in [1.165, 1.54) is 12.1 Å². The van der Waals surface area contributed by atoms with Crippen LogP contribution in [0, 0.1) is 5.82 Å². The van der Waals surface area contributed by atoms with Crippen LogP contribution in [0.25, 0.3) is 0 Å². The number of ether oxygens (including phenoxy) is 3. The van der Waals surface area contributed by atoms with E-state index in [1.807, 2.05) is 0 Å². The summed E-state index contributed by atoms with van der Waals surface area (Å²) in [6.45, 7) is -0.243. The summed E-state index contributed by atoms with van der Waals surface area (Å²) in [5.41, 5.74) is 0.125. The van der Waals surface area contributed by atoms with Crippen molar-refractivity contribution in [3.63, 3.8) is 0 Å². The van der Waals surface area contributed by atoms with E-state index in [2.05, 4.69) is 0 Å². The Morgan fingerprint density at radius 3 is 2.84 bits per heavy atom. The zero-order valence-corrected chi connectivity index (χ0v) is 9.93. The summed E-state index contributed by atoms with van der Waals surface area (Å²) < 4.78 is 29.5. The molecule has 0 saturated heterocycles. The van der Waals surface area contributed by atoms with Crippen LogP contribution < -0.4 is 14.2 Å². The van der Waals surface area contributed by atoms with Crippen LogP contribution in [0.15, 0.2) is 36.4 Å². The fourth-order valence-electron chi connectivity index (χ4n) is 1.86. The monoisotopic (exact) mass is 262 g/mol. The van der Waals surface area contributed by atoms with Crippen molar-refractivity contribution in [1.82, 2.24) is 0 Å². The number of hydrogen-bond donors (Lipinski definition) is 1. The molecule has 2 aromatic rings. The van der Waals surface area contributed by atoms with Crippen molar-refractivity contribution >= 4 is 0 Å². The van der Waals surface area contributed by atoms with Crippen molar-refractivity contribution in [3.8, 4) is 23.0 Å². The van der Waals surface area contributed by atoms with Gasteiger partial charge in [0.25, 0.3) is 0 Å². The smallest absolute Gasteiger partial charge is 0.231 e. The fraction of sp³-hybridized carbons (Fsp3) is 0.143. The number of rotatable bonds is 3. The van der Waals surface area contributed by atoms with Crippen molar-refractivity contribution < 1.29 is 23.7 Å². The highest BCUT2D eigenvalue weighted by molar-refractivity contribution is 5.48. The topological polar surface area (TPSA) is 47.9 Å². The number of halogens is 1. The summed E-state index contributed by atoms with van der Waals surface area (Å²) in [4.78, 5) is 0. The Balaban J connectivity index is 1.91. The molecule has 98 valence electrons. The normalized spacial score (nSPS) is 12.5. The van der Waals surface area contributed by atoms with Crippen LogP contribution >= 0.6 is 0 Å². The van der Waals surface area contributed by atoms with Crippen LogP contribution in [0.2, 0.25) is 0 Å². The largest absolute Gasteiger partial charge is 0.457 e. The van der Waals surface area contributed by atoms with Gasteiger partial charge in [-0.25, -0.2) is 4.39 Å². The van der Waals surface area contributed by atoms with Crippen molar-refractivity contribution in [1.29, 1.82) is 0 Å². The lowest BCUT2D eigenvalue weighted by atomic mass is 10.2. The molecule has 0 spiro atoms. The van der Waals surface area contributed by atoms with Crippen molar-refractivity contribution in [2.45, 2.75) is 6.61 Å². The summed E-state index contributed by atoms with van der Waals surface area (Å²) in [6, 6.07) is 9.47. The zero-order chi connectivity index (χ0) is 13.2. The molecule has 1 heterocycles. The third-order valence-corrected chi connectivity index (χ3v) is 2.81. The fourth-order valence-corrected chi connectivity index (χ4v) is 1.86. The molecule has 0 unspecified atom stereocenters. The van der Waals surface area contributed by atoms with Gasteiger partial charge in [0, 0.05) is 6.07 Å². The number of fused-ring (bicyclic) bond motifs is 1. The molecule has 2 aromatic carbocycles. The predicted octanol–water partition coefficient (Wildman–Crippen LogP) is 2.84. The van der Waals surface area contributed by atoms with Crippen LogP contribution in [0.4, 0.5) is 4.39 Å². The van der Waals surface area contributed by atoms with E-state index in [4.69, 9.17) is 19.3 Å². The van der Waals surface area contributed by atoms with Gasteiger partial charge >= 0.3 is 0 Å². The number of benzene rings is 2. The van der Waals surface area contributed by atoms with Gasteiger partial charge in [-0.05, 0) is 24.3 Å². The number of hydrogen-bond acceptors (Lipinski definition) is 4. The second kappa shape index (κ2) is 4.78. The van der Waals surface area contributed by atoms with E-state index in [0.29, 0.717) is 17.2 Å². The molecule has 0 bridgehead atoms. The lowest BCUT2D eigenvalue weighted by Crippen LogP contribution is -1.95. The van der Waals surface area contributed by atoms with Gasteiger partial charge in [0.2, 0.25) is 6.79 Å². The van der Waals surface area contributed by atoms with Gasteiger partial charge in [0.1, 0.15) is 17.3 Å². The molecule has 0 radical (unpaired) electrons. The molecule has 0 amide bonds. The molecular formula is C14H11FO4. The maximum absolute atomic E-state index is 13.5. The minimum absolute atomic E-state index is 0.125. The first kappa shape index (κ1) is 11.8. The molecule has 0 aromatic heterocycles. The van der Waals surface area contributed by atoms with Gasteiger partial charge in [-0.1, -0.05) is 6.07 Å². The van der Waals surface area contributed by atoms with Gasteiger partial charge in [0.05, 0.1) is 12.2 Å². The minimum atomic E-state index is -0.499. The maximum Gasteiger partial charge on any atom is 0.231 e. The van der Waals surface area contributed by atoms with Crippen molar-refractivity contribution in [2.75, 3.05) is 6.79 Å². The average Bonchev–Trinajstić information content (AvgIpc) is 2.86. The van der Waals surface area contributed by atoms with E-state index in [9.17, 15) is 4.39 Å². The summed E-state index contributed by atoms with van der Waals surface area (Å²) in [5, 5.41) is 9.17. The first-order chi connectivity index (χ1) is 9.28. The predicted molar refractivity (Wildman–Crippen MR) is 65.0 cm³/mol. The molecule has 1 aliphatic heterocycles. The van der Waals surface area contributed by atoms with Gasteiger partial charge in [-0.2, -0.15) is 0 Å². The quantitative estimate of drug-likeness (QED) is 0.924. The van der Waals surface area contributed by atoms with E-state index in [0.717, 1.165) is 0 Å². The molecule has 0 atom stereocenters. The number of aliphatic hydroxyl groups excluding tert-OH is 1. The van der Waals surface area contributed by atoms with Gasteiger partial charge in [-0.15, -0.1) is 0 Å². The van der Waals surface area contributed by atoms with Crippen LogP contribution in [0.1, 0.15) is 5.56 Å². The van der Waals surface area contributed by atoms with Gasteiger partial charge in [0.15, 0.2) is 11.5 Å². The first-order valence-corrected chi connectivity index (χ1v) is 5.73. The molecule has 0 aliphatic carbocycles. The highest BCUT2D eigenvalue weighted by Crippen LogP contribution is 2.37. The lowest BCUT2D eigenvalue weighted by Gasteiger charge is -2.10. The summed E-state index contributed by atoms with van der Waals surface area (Å²) >= 11 is 0. The Bertz CT molecular complexity index is 612. The zero-order valence-electron chi connectivity index (χ0n) is 9.93. The average molecular weight is 262 g/mol. The molecule has 4 nitrogen and oxygen atoms in total. The maximum atomic E-state index is 13.5. The molecule has 1 N–H and O–H groups in total. The molecule has 5 heteroatoms. The van der Waals surface area contributed by atoms with Gasteiger partial charge in [-0.3, -0.25) is 0 Å². The Hall–Kier alpha value is -2.27. The Labute approximate surface area is 109 Å². The molecule has 19 heavy (non-hydrogen) atoms. The first-order valence-electron chi connectivity index (χ1n) is 5.73. The highest BCUT2D eigenvalue weighted by atomic mass is 19.1. The third kappa shape index (κ3) is 2.20. The van der Waals surface area contributed by atoms with Crippen molar-refractivity contribution in [2.24, 2.45) is 0 Å². The molecule has 3 rings (SSSR count). The lowest BCUT2D eigenvalue weighted by molar-refractivity contribution is 0.174. The van der Waals surface area contributed by atoms with Crippen molar-refractivity contribution in [3.05, 3.63) is 47.8 Å². The molecule has 1 aliphatic rings. The molecule has 0 saturated carbocycles. The van der Waals surface area contributed by atoms with Crippen LogP contribution in [-0.4, -0.2) is 11.9 Å². The standard InChI is InChI=1S/C14H11FO4/c15-11-2-1-3-12(10(11)7-16)19-9-4-5-13-14(6-9)18-8-17-13/h1-6,16H,7-8H2. The van der Waals surface area contributed by atoms with E-state index < -0.39 is 12.4 Å². The second-order valence-corrected chi connectivity index (χ2v) is 3.99. The van der Waals surface area contributed by atoms with Crippen LogP contribution in [0.5, 0.6) is 23.0 Å². The van der Waals surface area contributed by atoms with Crippen LogP contribution in [0.3, 0.4) is 0 Å². The van der Waals surface area contributed by atoms with Crippen LogP contribution in [-0.2, 0) is 6.61 Å². The summed E-state index contributed by atoms with van der Waals surface area (Å²) in [5.74, 6) is 1.50. The van der Waals surface area contributed by atoms with Gasteiger partial charge < -0.3 is 19.3 Å². The molecular weight excluding hydrogens is 251 g/mol. The Morgan fingerprint density at radius 2 is 2.00 bits per heavy atom. The summed E-state index contributed by atoms with van der Waals surface area (Å²) in [6.07, 6.45) is 0. The number of aliphatic hydroxyl groups is 1. The highest BCUT2D eigenvalue weighted by Gasteiger charge is 2.15. The minimum Gasteiger partial charge on any atom is -0.457 e. The van der Waals surface area contributed by atoms with E-state index >= 15 is 0 Å². The Kier molecular flexibility index (Phi) is 2.97. The molecule has 0 fully saturated rings. The second-order valence-electron chi connectivity index (χ2n) is 3.99. The summed E-state index contributed by atoms with van der Waals surface area (Å²) in [7, 11) is 0. The van der Waals surface area contributed by atoms with E-state index in [1.54, 1.807) is 24.3 Å². The third-order valence-electron chi connectivity index (χ3n) is 2.81.